The Bertz CT molecular complexity index is 131. The molecule has 0 atom stereocenters. The van der Waals surface area contributed by atoms with E-state index in [2.05, 4.69) is 21.4 Å². The smallest absolute Gasteiger partial charge is 0.312 e. The van der Waals surface area contributed by atoms with Gasteiger partial charge in [-0.2, -0.15) is 8.42 Å². The van der Waals surface area contributed by atoms with Crippen molar-refractivity contribution in [3.8, 4) is 0 Å². The maximum atomic E-state index is 9.16. The Labute approximate surface area is 64.5 Å². The molecule has 0 N–H and O–H groups in total. The van der Waals surface area contributed by atoms with Crippen LogP contribution in [0.15, 0.2) is 0 Å². The summed E-state index contributed by atoms with van der Waals surface area (Å²) in [6.07, 6.45) is 0. The van der Waals surface area contributed by atoms with Gasteiger partial charge in [0.15, 0.2) is 0 Å². The quantitative estimate of drug-likeness (QED) is 0.537. The zero-order valence-corrected chi connectivity index (χ0v) is 7.76. The fourth-order valence-corrected chi connectivity index (χ4v) is 0. The summed E-state index contributed by atoms with van der Waals surface area (Å²) in [6, 6.07) is 0. The molecule has 0 heterocycles. The zero-order valence-electron chi connectivity index (χ0n) is 5.43. The van der Waals surface area contributed by atoms with Crippen LogP contribution >= 0.6 is 21.4 Å². The molecule has 0 bridgehead atoms. The van der Waals surface area contributed by atoms with Crippen molar-refractivity contribution < 1.29 is 8.42 Å². The summed E-state index contributed by atoms with van der Waals surface area (Å²) < 4.78 is 18.3. The molecule has 0 aliphatic carbocycles. The van der Waals surface area contributed by atoms with E-state index >= 15 is 0 Å². The molecular weight excluding hydrogens is 185 g/mol. The Balaban J connectivity index is 0. The van der Waals surface area contributed by atoms with Gasteiger partial charge in [0.25, 0.3) is 0 Å². The Morgan fingerprint density at radius 2 is 1.11 bits per heavy atom. The van der Waals surface area contributed by atoms with Crippen molar-refractivity contribution in [2.45, 2.75) is 0 Å². The first-order valence-corrected chi connectivity index (χ1v) is 5.12. The fraction of sp³-hybridized carbons (Fsp3) is 1.00. The molecule has 0 aromatic heterocycles. The molecule has 0 spiro atoms. The third-order valence-corrected chi connectivity index (χ3v) is 0. The molecule has 9 heavy (non-hydrogen) atoms. The van der Waals surface area contributed by atoms with Gasteiger partial charge < -0.3 is 4.90 Å². The van der Waals surface area contributed by atoms with Gasteiger partial charge in [-0.3, -0.25) is 0 Å². The summed E-state index contributed by atoms with van der Waals surface area (Å²) in [5, 5.41) is 0. The van der Waals surface area contributed by atoms with Crippen LogP contribution < -0.4 is 0 Å². The van der Waals surface area contributed by atoms with Crippen molar-refractivity contribution in [2.75, 3.05) is 21.1 Å². The van der Waals surface area contributed by atoms with E-state index < -0.39 is 8.26 Å². The van der Waals surface area contributed by atoms with E-state index in [1.807, 2.05) is 26.0 Å². The molecule has 0 fully saturated rings. The largest absolute Gasteiger partial charge is 0.317 e. The molecule has 58 valence electrons. The lowest BCUT2D eigenvalue weighted by atomic mass is 11.0. The molecule has 3 nitrogen and oxygen atoms in total. The molecule has 0 saturated heterocycles. The second-order valence-corrected chi connectivity index (χ2v) is 5.39. The minimum atomic E-state index is -3.72. The highest BCUT2D eigenvalue weighted by atomic mass is 36.0. The van der Waals surface area contributed by atoms with Gasteiger partial charge in [-0.1, -0.05) is 0 Å². The van der Waals surface area contributed by atoms with E-state index in [9.17, 15) is 0 Å². The van der Waals surface area contributed by atoms with Crippen LogP contribution in [-0.4, -0.2) is 34.5 Å². The van der Waals surface area contributed by atoms with Crippen LogP contribution in [0.5, 0.6) is 0 Å². The Morgan fingerprint density at radius 1 is 1.11 bits per heavy atom. The summed E-state index contributed by atoms with van der Waals surface area (Å²) in [7, 11) is 10.8. The molecule has 0 saturated carbocycles. The van der Waals surface area contributed by atoms with Crippen LogP contribution in [0.2, 0.25) is 0 Å². The monoisotopic (exact) mass is 193 g/mol. The van der Waals surface area contributed by atoms with Crippen LogP contribution in [0, 0.1) is 0 Å². The van der Waals surface area contributed by atoms with Gasteiger partial charge >= 0.3 is 8.26 Å². The highest BCUT2D eigenvalue weighted by molar-refractivity contribution is 8.31. The molecule has 0 aliphatic rings. The molecule has 0 aliphatic heterocycles. The third-order valence-electron chi connectivity index (χ3n) is 0. The Hall–Kier alpha value is 0.490. The van der Waals surface area contributed by atoms with Crippen LogP contribution in [0.25, 0.3) is 0 Å². The second kappa shape index (κ2) is 5.29. The maximum absolute atomic E-state index is 9.16. The van der Waals surface area contributed by atoms with Crippen LogP contribution in [-0.2, 0) is 8.26 Å². The second-order valence-electron chi connectivity index (χ2n) is 1.72. The van der Waals surface area contributed by atoms with Crippen molar-refractivity contribution in [1.29, 1.82) is 0 Å². The van der Waals surface area contributed by atoms with Gasteiger partial charge in [0.05, 0.1) is 0 Å². The third kappa shape index (κ3) is 1490. The molecule has 0 unspecified atom stereocenters. The number of halogens is 2. The summed E-state index contributed by atoms with van der Waals surface area (Å²) in [6.45, 7) is 0. The summed E-state index contributed by atoms with van der Waals surface area (Å²) in [4.78, 5) is 2.00. The minimum absolute atomic E-state index is 2.00. The first-order valence-electron chi connectivity index (χ1n) is 1.98. The minimum Gasteiger partial charge on any atom is -0.312 e. The van der Waals surface area contributed by atoms with Crippen LogP contribution in [0.1, 0.15) is 0 Å². The van der Waals surface area contributed by atoms with E-state index in [1.54, 1.807) is 0 Å². The highest BCUT2D eigenvalue weighted by Crippen LogP contribution is 1.98. The SMILES string of the molecule is CN(C)C.O=S(=O)(Cl)Cl. The average molecular weight is 194 g/mol. The summed E-state index contributed by atoms with van der Waals surface area (Å²) >= 11 is 0. The van der Waals surface area contributed by atoms with Crippen molar-refractivity contribution in [2.24, 2.45) is 0 Å². The van der Waals surface area contributed by atoms with E-state index in [0.717, 1.165) is 0 Å². The predicted molar refractivity (Wildman–Crippen MR) is 40.2 cm³/mol. The molecule has 0 rings (SSSR count). The van der Waals surface area contributed by atoms with Crippen molar-refractivity contribution >= 4 is 29.6 Å². The van der Waals surface area contributed by atoms with E-state index in [4.69, 9.17) is 8.42 Å². The van der Waals surface area contributed by atoms with E-state index in [0.29, 0.717) is 0 Å². The predicted octanol–water partition coefficient (Wildman–Crippen LogP) is 0.887. The summed E-state index contributed by atoms with van der Waals surface area (Å²) in [5.41, 5.74) is 0. The van der Waals surface area contributed by atoms with Crippen molar-refractivity contribution in [1.82, 2.24) is 4.90 Å². The molecule has 0 aromatic carbocycles. The topological polar surface area (TPSA) is 37.4 Å². The standard InChI is InChI=1S/C3H9N.Cl2O2S/c1-4(2)3;1-5(2,3)4/h1-3H3;. The van der Waals surface area contributed by atoms with Gasteiger partial charge in [0.1, 0.15) is 0 Å². The Kier molecular flexibility index (Phi) is 7.16. The first-order chi connectivity index (χ1) is 3.73. The average Bonchev–Trinajstić information content (AvgIpc) is 1.19. The Morgan fingerprint density at radius 3 is 1.11 bits per heavy atom. The number of hydrogen-bond acceptors (Lipinski definition) is 3. The van der Waals surface area contributed by atoms with Gasteiger partial charge in [0.2, 0.25) is 0 Å². The lowest BCUT2D eigenvalue weighted by molar-refractivity contribution is 0.505. The summed E-state index contributed by atoms with van der Waals surface area (Å²) in [5.74, 6) is 0. The van der Waals surface area contributed by atoms with Gasteiger partial charge in [-0.15, -0.1) is 0 Å². The lowest BCUT2D eigenvalue weighted by Gasteiger charge is -1.90. The number of hydrogen-bond donors (Lipinski definition) is 0. The lowest BCUT2D eigenvalue weighted by Crippen LogP contribution is -1.99. The van der Waals surface area contributed by atoms with E-state index in [1.165, 1.54) is 0 Å². The van der Waals surface area contributed by atoms with E-state index in [-0.39, 0.29) is 0 Å². The van der Waals surface area contributed by atoms with Gasteiger partial charge in [-0.25, -0.2) is 0 Å². The van der Waals surface area contributed by atoms with Gasteiger partial charge in [0, 0.05) is 21.4 Å². The first kappa shape index (κ1) is 12.2. The zero-order chi connectivity index (χ0) is 8.08. The fourth-order valence-electron chi connectivity index (χ4n) is 0. The molecule has 6 heteroatoms. The number of rotatable bonds is 0. The van der Waals surface area contributed by atoms with Crippen LogP contribution in [0.3, 0.4) is 0 Å². The molecule has 0 aromatic rings. The molecule has 0 radical (unpaired) electrons. The highest BCUT2D eigenvalue weighted by Gasteiger charge is 1.88. The number of nitrogens with zero attached hydrogens (tertiary/aromatic N) is 1. The van der Waals surface area contributed by atoms with Gasteiger partial charge in [-0.05, 0) is 21.1 Å². The molecular formula is C3H9Cl2NO2S. The molecule has 0 amide bonds. The van der Waals surface area contributed by atoms with Crippen molar-refractivity contribution in [3.05, 3.63) is 0 Å². The normalized spacial score (nSPS) is 10.4. The maximum Gasteiger partial charge on any atom is 0.317 e. The van der Waals surface area contributed by atoms with Crippen LogP contribution in [0.4, 0.5) is 0 Å². The van der Waals surface area contributed by atoms with Crippen molar-refractivity contribution in [3.63, 3.8) is 0 Å².